The van der Waals surface area contributed by atoms with Crippen LogP contribution in [0.2, 0.25) is 0 Å². The van der Waals surface area contributed by atoms with Crippen LogP contribution in [0, 0.1) is 6.92 Å². The van der Waals surface area contributed by atoms with E-state index in [1.165, 1.54) is 11.1 Å². The first kappa shape index (κ1) is 14.9. The van der Waals surface area contributed by atoms with Gasteiger partial charge in [-0.25, -0.2) is 4.98 Å². The number of benzene rings is 2. The van der Waals surface area contributed by atoms with Crippen LogP contribution in [0.1, 0.15) is 35.8 Å². The standard InChI is InChI=1S/C20H21N3O/c1-14-21-18-10-4-5-12-19(18)23(14)13-20(24)22-17-11-6-8-15-7-2-3-9-16(15)17/h2-5,7,9-10,12,17H,6,8,11,13H2,1H3,(H,22,24). The Labute approximate surface area is 141 Å². The summed E-state index contributed by atoms with van der Waals surface area (Å²) in [6, 6.07) is 16.5. The number of imidazole rings is 1. The van der Waals surface area contributed by atoms with Gasteiger partial charge in [0.05, 0.1) is 17.1 Å². The SMILES string of the molecule is Cc1nc2ccccc2n1CC(=O)NC1CCCc2ccccc21. The molecule has 0 aliphatic heterocycles. The number of rotatable bonds is 3. The third-order valence-corrected chi connectivity index (χ3v) is 4.85. The van der Waals surface area contributed by atoms with Crippen molar-refractivity contribution in [2.24, 2.45) is 0 Å². The number of carbonyl (C=O) groups excluding carboxylic acids is 1. The molecule has 4 heteroatoms. The van der Waals surface area contributed by atoms with Crippen LogP contribution in [-0.2, 0) is 17.8 Å². The van der Waals surface area contributed by atoms with Crippen LogP contribution in [-0.4, -0.2) is 15.5 Å². The van der Waals surface area contributed by atoms with Crippen molar-refractivity contribution in [2.45, 2.75) is 38.8 Å². The minimum atomic E-state index is 0.0444. The topological polar surface area (TPSA) is 46.9 Å². The summed E-state index contributed by atoms with van der Waals surface area (Å²) in [7, 11) is 0. The molecular weight excluding hydrogens is 298 g/mol. The fourth-order valence-electron chi connectivity index (χ4n) is 3.68. The van der Waals surface area contributed by atoms with Crippen molar-refractivity contribution < 1.29 is 4.79 Å². The molecule has 4 nitrogen and oxygen atoms in total. The van der Waals surface area contributed by atoms with Crippen LogP contribution in [0.15, 0.2) is 48.5 Å². The third kappa shape index (κ3) is 2.68. The first-order chi connectivity index (χ1) is 11.7. The van der Waals surface area contributed by atoms with E-state index < -0.39 is 0 Å². The zero-order valence-corrected chi connectivity index (χ0v) is 13.8. The molecule has 4 rings (SSSR count). The van der Waals surface area contributed by atoms with Gasteiger partial charge in [0, 0.05) is 0 Å². The van der Waals surface area contributed by atoms with Crippen LogP contribution < -0.4 is 5.32 Å². The average Bonchev–Trinajstić information content (AvgIpc) is 2.91. The van der Waals surface area contributed by atoms with Crippen molar-refractivity contribution in [3.63, 3.8) is 0 Å². The van der Waals surface area contributed by atoms with E-state index in [2.05, 4.69) is 34.6 Å². The van der Waals surface area contributed by atoms with Gasteiger partial charge in [0.15, 0.2) is 0 Å². The number of aromatic nitrogens is 2. The quantitative estimate of drug-likeness (QED) is 0.802. The van der Waals surface area contributed by atoms with Crippen molar-refractivity contribution >= 4 is 16.9 Å². The van der Waals surface area contributed by atoms with E-state index in [1.54, 1.807) is 0 Å². The first-order valence-electron chi connectivity index (χ1n) is 8.51. The molecule has 2 aromatic carbocycles. The van der Waals surface area contributed by atoms with E-state index in [-0.39, 0.29) is 11.9 Å². The van der Waals surface area contributed by atoms with Gasteiger partial charge < -0.3 is 9.88 Å². The maximum absolute atomic E-state index is 12.6. The van der Waals surface area contributed by atoms with E-state index in [4.69, 9.17) is 0 Å². The smallest absolute Gasteiger partial charge is 0.240 e. The number of hydrogen-bond acceptors (Lipinski definition) is 2. The number of hydrogen-bond donors (Lipinski definition) is 1. The van der Waals surface area contributed by atoms with Gasteiger partial charge >= 0.3 is 0 Å². The van der Waals surface area contributed by atoms with Crippen LogP contribution in [0.4, 0.5) is 0 Å². The molecule has 0 saturated heterocycles. The number of amides is 1. The first-order valence-corrected chi connectivity index (χ1v) is 8.51. The summed E-state index contributed by atoms with van der Waals surface area (Å²) in [5, 5.41) is 3.22. The van der Waals surface area contributed by atoms with Gasteiger partial charge in [-0.1, -0.05) is 36.4 Å². The number of fused-ring (bicyclic) bond motifs is 2. The maximum atomic E-state index is 12.6. The van der Waals surface area contributed by atoms with Crippen molar-refractivity contribution in [1.29, 1.82) is 0 Å². The van der Waals surface area contributed by atoms with Crippen LogP contribution in [0.5, 0.6) is 0 Å². The number of nitrogens with one attached hydrogen (secondary N) is 1. The molecule has 0 radical (unpaired) electrons. The van der Waals surface area contributed by atoms with Crippen LogP contribution in [0.25, 0.3) is 11.0 Å². The highest BCUT2D eigenvalue weighted by Gasteiger charge is 2.21. The second-order valence-electron chi connectivity index (χ2n) is 6.45. The van der Waals surface area contributed by atoms with Crippen molar-refractivity contribution in [1.82, 2.24) is 14.9 Å². The second kappa shape index (κ2) is 6.11. The second-order valence-corrected chi connectivity index (χ2v) is 6.45. The molecule has 1 aliphatic rings. The highest BCUT2D eigenvalue weighted by atomic mass is 16.2. The van der Waals surface area contributed by atoms with Gasteiger partial charge in [0.25, 0.3) is 0 Å². The Balaban J connectivity index is 1.54. The van der Waals surface area contributed by atoms with Gasteiger partial charge in [0.1, 0.15) is 12.4 Å². The zero-order valence-electron chi connectivity index (χ0n) is 13.8. The summed E-state index contributed by atoms with van der Waals surface area (Å²) in [4.78, 5) is 17.2. The number of aryl methyl sites for hydroxylation is 2. The summed E-state index contributed by atoms with van der Waals surface area (Å²) in [6.45, 7) is 2.26. The van der Waals surface area contributed by atoms with Crippen LogP contribution in [0.3, 0.4) is 0 Å². The number of para-hydroxylation sites is 2. The van der Waals surface area contributed by atoms with Gasteiger partial charge in [-0.3, -0.25) is 4.79 Å². The Bertz CT molecular complexity index is 897. The monoisotopic (exact) mass is 319 g/mol. The van der Waals surface area contributed by atoms with Crippen molar-refractivity contribution in [3.05, 3.63) is 65.5 Å². The lowest BCUT2D eigenvalue weighted by molar-refractivity contribution is -0.122. The Morgan fingerprint density at radius 2 is 2.00 bits per heavy atom. The molecule has 1 N–H and O–H groups in total. The van der Waals surface area contributed by atoms with Gasteiger partial charge in [-0.15, -0.1) is 0 Å². The predicted octanol–water partition coefficient (Wildman–Crippen LogP) is 3.54. The van der Waals surface area contributed by atoms with Crippen molar-refractivity contribution in [2.75, 3.05) is 0 Å². The number of nitrogens with zero attached hydrogens (tertiary/aromatic N) is 2. The molecule has 1 heterocycles. The van der Waals surface area contributed by atoms with E-state index in [0.717, 1.165) is 36.1 Å². The van der Waals surface area contributed by atoms with Crippen LogP contribution >= 0.6 is 0 Å². The van der Waals surface area contributed by atoms with Crippen molar-refractivity contribution in [3.8, 4) is 0 Å². The lowest BCUT2D eigenvalue weighted by Crippen LogP contribution is -2.33. The molecule has 1 atom stereocenters. The Kier molecular flexibility index (Phi) is 3.81. The molecule has 122 valence electrons. The minimum absolute atomic E-state index is 0.0444. The average molecular weight is 319 g/mol. The highest BCUT2D eigenvalue weighted by molar-refractivity contribution is 5.81. The molecule has 1 unspecified atom stereocenters. The Morgan fingerprint density at radius 1 is 1.21 bits per heavy atom. The fourth-order valence-corrected chi connectivity index (χ4v) is 3.68. The largest absolute Gasteiger partial charge is 0.348 e. The highest BCUT2D eigenvalue weighted by Crippen LogP contribution is 2.29. The molecular formula is C20H21N3O. The van der Waals surface area contributed by atoms with Gasteiger partial charge in [-0.2, -0.15) is 0 Å². The summed E-state index contributed by atoms with van der Waals surface area (Å²) in [5.74, 6) is 0.915. The molecule has 24 heavy (non-hydrogen) atoms. The lowest BCUT2D eigenvalue weighted by atomic mass is 9.88. The van der Waals surface area contributed by atoms with E-state index >= 15 is 0 Å². The molecule has 1 aliphatic carbocycles. The van der Waals surface area contributed by atoms with E-state index in [0.29, 0.717) is 6.54 Å². The normalized spacial score (nSPS) is 16.8. The Morgan fingerprint density at radius 3 is 2.92 bits per heavy atom. The minimum Gasteiger partial charge on any atom is -0.348 e. The van der Waals surface area contributed by atoms with Gasteiger partial charge in [-0.05, 0) is 49.4 Å². The third-order valence-electron chi connectivity index (χ3n) is 4.85. The van der Waals surface area contributed by atoms with E-state index in [9.17, 15) is 4.79 Å². The Hall–Kier alpha value is -2.62. The predicted molar refractivity (Wildman–Crippen MR) is 94.7 cm³/mol. The summed E-state index contributed by atoms with van der Waals surface area (Å²) >= 11 is 0. The molecule has 1 aromatic heterocycles. The van der Waals surface area contributed by atoms with Gasteiger partial charge in [0.2, 0.25) is 5.91 Å². The van der Waals surface area contributed by atoms with E-state index in [1.807, 2.05) is 35.8 Å². The molecule has 0 bridgehead atoms. The molecule has 3 aromatic rings. The molecule has 0 saturated carbocycles. The maximum Gasteiger partial charge on any atom is 0.240 e. The number of carbonyl (C=O) groups is 1. The summed E-state index contributed by atoms with van der Waals surface area (Å²) in [5.41, 5.74) is 4.57. The molecule has 0 spiro atoms. The molecule has 0 fully saturated rings. The summed E-state index contributed by atoms with van der Waals surface area (Å²) < 4.78 is 1.99. The summed E-state index contributed by atoms with van der Waals surface area (Å²) in [6.07, 6.45) is 3.23. The fraction of sp³-hybridized carbons (Fsp3) is 0.300. The molecule has 1 amide bonds. The lowest BCUT2D eigenvalue weighted by Gasteiger charge is -2.26. The zero-order chi connectivity index (χ0) is 16.5.